The third-order valence-corrected chi connectivity index (χ3v) is 16.3. The van der Waals surface area contributed by atoms with Gasteiger partial charge in [0.05, 0.1) is 25.4 Å². The molecule has 6 N–H and O–H groups in total. The van der Waals surface area contributed by atoms with Gasteiger partial charge in [0, 0.05) is 6.42 Å². The molecule has 0 aromatic rings. The summed E-state index contributed by atoms with van der Waals surface area (Å²) in [5, 5.41) is 54.7. The molecule has 0 aliphatic carbocycles. The van der Waals surface area contributed by atoms with Gasteiger partial charge in [0.15, 0.2) is 6.29 Å². The molecule has 0 saturated carbocycles. The van der Waals surface area contributed by atoms with Crippen molar-refractivity contribution in [3.63, 3.8) is 0 Å². The van der Waals surface area contributed by atoms with Crippen molar-refractivity contribution in [2.75, 3.05) is 13.2 Å². The fourth-order valence-corrected chi connectivity index (χ4v) is 10.8. The van der Waals surface area contributed by atoms with Crippen molar-refractivity contribution in [2.45, 2.75) is 352 Å². The molecule has 1 heterocycles. The molecule has 1 aliphatic heterocycles. The van der Waals surface area contributed by atoms with Crippen molar-refractivity contribution in [1.29, 1.82) is 0 Å². The fourth-order valence-electron chi connectivity index (χ4n) is 10.8. The lowest BCUT2D eigenvalue weighted by Gasteiger charge is -2.40. The summed E-state index contributed by atoms with van der Waals surface area (Å²) in [6, 6.07) is -0.838. The maximum atomic E-state index is 13.1. The largest absolute Gasteiger partial charge is 0.394 e. The first-order valence-corrected chi connectivity index (χ1v) is 35.6. The van der Waals surface area contributed by atoms with Crippen LogP contribution < -0.4 is 5.32 Å². The maximum Gasteiger partial charge on any atom is 0.220 e. The van der Waals surface area contributed by atoms with Gasteiger partial charge < -0.3 is 40.3 Å². The van der Waals surface area contributed by atoms with Gasteiger partial charge in [-0.05, 0) is 89.9 Å². The molecule has 0 spiro atoms. The summed E-state index contributed by atoms with van der Waals surface area (Å²) in [5.74, 6) is -0.199. The zero-order valence-corrected chi connectivity index (χ0v) is 54.8. The Hall–Kier alpha value is -3.15. The van der Waals surface area contributed by atoms with Gasteiger partial charge in [-0.2, -0.15) is 0 Å². The van der Waals surface area contributed by atoms with Crippen LogP contribution in [0.4, 0.5) is 0 Å². The summed E-state index contributed by atoms with van der Waals surface area (Å²) in [6.07, 6.45) is 87.7. The molecule has 0 aromatic heterocycles. The predicted molar refractivity (Wildman–Crippen MR) is 364 cm³/mol. The Bertz CT molecular complexity index is 1710. The van der Waals surface area contributed by atoms with Crippen molar-refractivity contribution in [3.8, 4) is 0 Å². The molecule has 1 aliphatic rings. The molecular weight excluding hydrogens is 1050 g/mol. The van der Waals surface area contributed by atoms with E-state index >= 15 is 0 Å². The zero-order chi connectivity index (χ0) is 61.4. The van der Waals surface area contributed by atoms with Crippen LogP contribution in [-0.2, 0) is 14.3 Å². The highest BCUT2D eigenvalue weighted by Crippen LogP contribution is 2.23. The number of amides is 1. The predicted octanol–water partition coefficient (Wildman–Crippen LogP) is 19.6. The van der Waals surface area contributed by atoms with Gasteiger partial charge in [-0.25, -0.2) is 0 Å². The summed E-state index contributed by atoms with van der Waals surface area (Å²) < 4.78 is 11.3. The van der Waals surface area contributed by atoms with Crippen molar-refractivity contribution in [3.05, 3.63) is 109 Å². The SMILES string of the molecule is CC/C=C\C/C=C\C/C=C\C/C=C\C/C=C\C/C=C\C/C=C\CCCCCCCCCC(=O)NC(COC1OC(CO)C(O)C(O)C1O)C(O)/C=C/CC/C=C/CCCCCCCCCCCCCCCCCCCCCCCCCCCCC. The number of aliphatic hydroxyl groups is 5. The van der Waals surface area contributed by atoms with E-state index in [0.29, 0.717) is 6.42 Å². The lowest BCUT2D eigenvalue weighted by molar-refractivity contribution is -0.302. The molecule has 7 unspecified atom stereocenters. The number of rotatable bonds is 61. The fraction of sp³-hybridized carbons (Fsp3) is 0.750. The van der Waals surface area contributed by atoms with E-state index in [1.165, 1.54) is 193 Å². The minimum atomic E-state index is -1.58. The van der Waals surface area contributed by atoms with Gasteiger partial charge >= 0.3 is 0 Å². The average Bonchev–Trinajstić information content (AvgIpc) is 3.56. The van der Waals surface area contributed by atoms with E-state index in [0.717, 1.165) is 96.3 Å². The minimum Gasteiger partial charge on any atom is -0.394 e. The molecule has 1 saturated heterocycles. The van der Waals surface area contributed by atoms with Crippen LogP contribution >= 0.6 is 0 Å². The molecular formula is C76H133NO8. The lowest BCUT2D eigenvalue weighted by Crippen LogP contribution is -2.60. The van der Waals surface area contributed by atoms with E-state index in [4.69, 9.17) is 9.47 Å². The normalized spacial score (nSPS) is 18.8. The average molecular weight is 1190 g/mol. The van der Waals surface area contributed by atoms with Crippen LogP contribution in [0.25, 0.3) is 0 Å². The first-order chi connectivity index (χ1) is 41.8. The Labute approximate surface area is 523 Å². The molecule has 0 radical (unpaired) electrons. The van der Waals surface area contributed by atoms with Gasteiger partial charge in [-0.3, -0.25) is 4.79 Å². The van der Waals surface area contributed by atoms with Crippen LogP contribution in [-0.4, -0.2) is 87.5 Å². The van der Waals surface area contributed by atoms with Gasteiger partial charge in [0.1, 0.15) is 24.4 Å². The minimum absolute atomic E-state index is 0.199. The topological polar surface area (TPSA) is 149 Å². The highest BCUT2D eigenvalue weighted by Gasteiger charge is 2.44. The van der Waals surface area contributed by atoms with Crippen LogP contribution in [0.5, 0.6) is 0 Å². The van der Waals surface area contributed by atoms with Crippen molar-refractivity contribution in [1.82, 2.24) is 5.32 Å². The Balaban J connectivity index is 2.17. The Morgan fingerprint density at radius 3 is 1.13 bits per heavy atom. The summed E-state index contributed by atoms with van der Waals surface area (Å²) in [7, 11) is 0. The third kappa shape index (κ3) is 52.5. The number of hydrogen-bond acceptors (Lipinski definition) is 8. The van der Waals surface area contributed by atoms with Gasteiger partial charge in [0.25, 0.3) is 0 Å². The van der Waals surface area contributed by atoms with E-state index in [2.05, 4.69) is 116 Å². The van der Waals surface area contributed by atoms with Gasteiger partial charge in [-0.15, -0.1) is 0 Å². The third-order valence-electron chi connectivity index (χ3n) is 16.3. The number of unbranched alkanes of at least 4 members (excludes halogenated alkanes) is 35. The first-order valence-electron chi connectivity index (χ1n) is 35.6. The molecule has 490 valence electrons. The van der Waals surface area contributed by atoms with Crippen LogP contribution in [0.1, 0.15) is 309 Å². The molecule has 85 heavy (non-hydrogen) atoms. The Morgan fingerprint density at radius 1 is 0.412 bits per heavy atom. The highest BCUT2D eigenvalue weighted by molar-refractivity contribution is 5.76. The number of carbonyl (C=O) groups is 1. The van der Waals surface area contributed by atoms with Crippen molar-refractivity contribution < 1.29 is 39.8 Å². The summed E-state index contributed by atoms with van der Waals surface area (Å²) >= 11 is 0. The number of carbonyl (C=O) groups excluding carboxylic acids is 1. The van der Waals surface area contributed by atoms with E-state index in [-0.39, 0.29) is 12.5 Å². The Kier molecular flexibility index (Phi) is 60.0. The quantitative estimate of drug-likeness (QED) is 0.0261. The van der Waals surface area contributed by atoms with E-state index in [1.807, 2.05) is 6.08 Å². The number of ether oxygens (including phenoxy) is 2. The molecule has 9 nitrogen and oxygen atoms in total. The van der Waals surface area contributed by atoms with Crippen molar-refractivity contribution >= 4 is 5.91 Å². The molecule has 7 atom stereocenters. The number of hydrogen-bond donors (Lipinski definition) is 6. The molecule has 1 fully saturated rings. The maximum absolute atomic E-state index is 13.1. The molecule has 1 rings (SSSR count). The van der Waals surface area contributed by atoms with Crippen LogP contribution in [0.2, 0.25) is 0 Å². The van der Waals surface area contributed by atoms with E-state index in [9.17, 15) is 30.3 Å². The Morgan fingerprint density at radius 2 is 0.741 bits per heavy atom. The van der Waals surface area contributed by atoms with Gasteiger partial charge in [-0.1, -0.05) is 322 Å². The highest BCUT2D eigenvalue weighted by atomic mass is 16.7. The van der Waals surface area contributed by atoms with Crippen LogP contribution in [0, 0.1) is 0 Å². The molecule has 1 amide bonds. The second-order valence-corrected chi connectivity index (χ2v) is 24.3. The summed E-state index contributed by atoms with van der Waals surface area (Å²) in [4.78, 5) is 13.1. The summed E-state index contributed by atoms with van der Waals surface area (Å²) in [5.41, 5.74) is 0. The number of nitrogens with one attached hydrogen (secondary N) is 1. The standard InChI is InChI=1S/C76H133NO8/c1-3-5-7-9-11-13-15-17-19-21-23-25-27-29-31-33-34-35-36-38-39-41-43-45-47-49-51-53-55-57-59-61-63-65-70(79)69(68-84-76-75(83)74(82)73(81)71(67-78)85-76)77-72(80)66-64-62-60-58-56-54-52-50-48-46-44-42-40-37-32-30-28-26-24-22-20-18-16-14-12-10-8-6-4-2/h6,8,12,14,18,20,24,26,30,32,40,42,46,48,55,57,63,65,69-71,73-76,78-79,81-83H,3-5,7,9-11,13,15-17,19,21-23,25,27-29,31,33-39,41,43-45,47,49-54,56,58-62,64,66-68H2,1-2H3,(H,77,80)/b8-6-,14-12-,20-18-,26-24-,32-30-,42-40-,48-46-,57-55+,65-63+. The second kappa shape index (κ2) is 63.9. The van der Waals surface area contributed by atoms with Gasteiger partial charge in [0.2, 0.25) is 5.91 Å². The molecule has 9 heteroatoms. The number of allylic oxidation sites excluding steroid dienone is 17. The smallest absolute Gasteiger partial charge is 0.220 e. The van der Waals surface area contributed by atoms with Crippen LogP contribution in [0.15, 0.2) is 109 Å². The monoisotopic (exact) mass is 1190 g/mol. The molecule has 0 aromatic carbocycles. The van der Waals surface area contributed by atoms with E-state index < -0.39 is 49.5 Å². The van der Waals surface area contributed by atoms with Crippen molar-refractivity contribution in [2.24, 2.45) is 0 Å². The second-order valence-electron chi connectivity index (χ2n) is 24.3. The van der Waals surface area contributed by atoms with Crippen LogP contribution in [0.3, 0.4) is 0 Å². The van der Waals surface area contributed by atoms with E-state index in [1.54, 1.807) is 6.08 Å². The summed E-state index contributed by atoms with van der Waals surface area (Å²) in [6.45, 7) is 3.67. The zero-order valence-electron chi connectivity index (χ0n) is 54.8. The lowest BCUT2D eigenvalue weighted by atomic mass is 9.99. The molecule has 0 bridgehead atoms. The number of aliphatic hydroxyl groups excluding tert-OH is 5. The first kappa shape index (κ1) is 79.9.